The first-order chi connectivity index (χ1) is 8.53. The minimum Gasteiger partial charge on any atom is -0.456 e. The van der Waals surface area contributed by atoms with Gasteiger partial charge in [-0.2, -0.15) is 0 Å². The van der Waals surface area contributed by atoms with Gasteiger partial charge < -0.3 is 10.2 Å². The van der Waals surface area contributed by atoms with E-state index in [9.17, 15) is 4.39 Å². The molecule has 5 heteroatoms. The normalized spacial score (nSPS) is 11.6. The number of hydrogen-bond donors (Lipinski definition) is 2. The summed E-state index contributed by atoms with van der Waals surface area (Å²) in [7, 11) is 0. The zero-order chi connectivity index (χ0) is 13.7. The van der Waals surface area contributed by atoms with Crippen molar-refractivity contribution < 1.29 is 9.13 Å². The van der Waals surface area contributed by atoms with Gasteiger partial charge in [-0.1, -0.05) is 24.8 Å². The van der Waals surface area contributed by atoms with Gasteiger partial charge in [0.2, 0.25) is 0 Å². The molecule has 0 aliphatic heterocycles. The Hall–Kier alpha value is -1.78. The fourth-order valence-electron chi connectivity index (χ4n) is 1.37. The topological polar surface area (TPSA) is 47.3 Å². The molecule has 0 amide bonds. The first kappa shape index (κ1) is 14.3. The predicted molar refractivity (Wildman–Crippen MR) is 72.8 cm³/mol. The average Bonchev–Trinajstić information content (AvgIpc) is 2.34. The van der Waals surface area contributed by atoms with Crippen molar-refractivity contribution in [2.45, 2.75) is 6.92 Å². The predicted octanol–water partition coefficient (Wildman–Crippen LogP) is 3.62. The van der Waals surface area contributed by atoms with Gasteiger partial charge in [0.1, 0.15) is 11.5 Å². The fourth-order valence-corrected chi connectivity index (χ4v) is 1.49. The molecule has 0 spiro atoms. The van der Waals surface area contributed by atoms with Crippen molar-refractivity contribution in [1.82, 2.24) is 0 Å². The summed E-state index contributed by atoms with van der Waals surface area (Å²) in [6.07, 6.45) is 2.84. The molecule has 0 unspecified atom stereocenters. The van der Waals surface area contributed by atoms with Crippen LogP contribution in [0.25, 0.3) is 0 Å². The molecule has 0 aromatic heterocycles. The van der Waals surface area contributed by atoms with Crippen LogP contribution in [0.3, 0.4) is 0 Å². The molecule has 96 valence electrons. The van der Waals surface area contributed by atoms with Gasteiger partial charge in [-0.15, -0.1) is 0 Å². The highest BCUT2D eigenvalue weighted by molar-refractivity contribution is 6.31. The Balaban J connectivity index is 3.13. The van der Waals surface area contributed by atoms with E-state index in [0.717, 1.165) is 0 Å². The van der Waals surface area contributed by atoms with Crippen molar-refractivity contribution in [3.8, 4) is 5.75 Å². The molecule has 0 atom stereocenters. The number of nitrogen functional groups attached to an aromatic ring is 1. The second kappa shape index (κ2) is 6.23. The van der Waals surface area contributed by atoms with Crippen LogP contribution in [-0.4, -0.2) is 0 Å². The van der Waals surface area contributed by atoms with Crippen LogP contribution in [0.2, 0.25) is 0 Å². The van der Waals surface area contributed by atoms with Gasteiger partial charge in [0, 0.05) is 6.07 Å². The summed E-state index contributed by atoms with van der Waals surface area (Å²) in [4.78, 5) is 0. The van der Waals surface area contributed by atoms with Gasteiger partial charge in [0.15, 0.2) is 5.82 Å². The van der Waals surface area contributed by atoms with E-state index in [1.54, 1.807) is 13.0 Å². The highest BCUT2D eigenvalue weighted by Gasteiger charge is 2.09. The molecule has 3 nitrogen and oxygen atoms in total. The third-order valence-electron chi connectivity index (χ3n) is 2.23. The van der Waals surface area contributed by atoms with Crippen molar-refractivity contribution >= 4 is 17.3 Å². The lowest BCUT2D eigenvalue weighted by Crippen LogP contribution is -2.10. The Kier molecular flexibility index (Phi) is 4.95. The summed E-state index contributed by atoms with van der Waals surface area (Å²) in [6, 6.07) is 2.84. The molecule has 0 bridgehead atoms. The smallest absolute Gasteiger partial charge is 0.151 e. The zero-order valence-electron chi connectivity index (χ0n) is 9.97. The SMILES string of the molecule is C=C/C(Cl)=C(\C=C)Oc1cc(C)c(NN)c(F)c1. The Morgan fingerprint density at radius 2 is 2.11 bits per heavy atom. The van der Waals surface area contributed by atoms with Crippen LogP contribution in [0.5, 0.6) is 5.75 Å². The number of allylic oxidation sites excluding steroid dienone is 3. The number of halogens is 2. The van der Waals surface area contributed by atoms with Gasteiger partial charge in [-0.3, -0.25) is 5.84 Å². The lowest BCUT2D eigenvalue weighted by molar-refractivity contribution is 0.439. The van der Waals surface area contributed by atoms with Crippen molar-refractivity contribution in [2.75, 3.05) is 5.43 Å². The van der Waals surface area contributed by atoms with Gasteiger partial charge in [0.25, 0.3) is 0 Å². The molecule has 1 rings (SSSR count). The minimum absolute atomic E-state index is 0.223. The summed E-state index contributed by atoms with van der Waals surface area (Å²) in [5.41, 5.74) is 3.13. The molecular formula is C13H14ClFN2O. The van der Waals surface area contributed by atoms with Crippen LogP contribution in [0, 0.1) is 12.7 Å². The van der Waals surface area contributed by atoms with E-state index in [-0.39, 0.29) is 5.69 Å². The van der Waals surface area contributed by atoms with Crippen molar-refractivity contribution in [1.29, 1.82) is 0 Å². The molecule has 0 aliphatic carbocycles. The molecular weight excluding hydrogens is 255 g/mol. The van der Waals surface area contributed by atoms with E-state index >= 15 is 0 Å². The fraction of sp³-hybridized carbons (Fsp3) is 0.0769. The zero-order valence-corrected chi connectivity index (χ0v) is 10.7. The number of rotatable bonds is 5. The molecule has 0 saturated heterocycles. The van der Waals surface area contributed by atoms with E-state index in [0.29, 0.717) is 22.1 Å². The Morgan fingerprint density at radius 1 is 1.44 bits per heavy atom. The van der Waals surface area contributed by atoms with Crippen LogP contribution >= 0.6 is 11.6 Å². The lowest BCUT2D eigenvalue weighted by atomic mass is 10.2. The van der Waals surface area contributed by atoms with Gasteiger partial charge >= 0.3 is 0 Å². The van der Waals surface area contributed by atoms with Crippen LogP contribution in [0.15, 0.2) is 48.2 Å². The van der Waals surface area contributed by atoms with E-state index in [4.69, 9.17) is 22.2 Å². The van der Waals surface area contributed by atoms with Crippen LogP contribution < -0.4 is 16.0 Å². The van der Waals surface area contributed by atoms with E-state index < -0.39 is 5.82 Å². The van der Waals surface area contributed by atoms with E-state index in [1.807, 2.05) is 0 Å². The Morgan fingerprint density at radius 3 is 2.56 bits per heavy atom. The number of anilines is 1. The highest BCUT2D eigenvalue weighted by Crippen LogP contribution is 2.27. The number of hydrazine groups is 1. The summed E-state index contributed by atoms with van der Waals surface area (Å²) < 4.78 is 19.1. The average molecular weight is 269 g/mol. The quantitative estimate of drug-likeness (QED) is 0.371. The maximum absolute atomic E-state index is 13.6. The molecule has 0 fully saturated rings. The summed E-state index contributed by atoms with van der Waals surface area (Å²) in [5.74, 6) is 5.31. The molecule has 3 N–H and O–H groups in total. The van der Waals surface area contributed by atoms with Crippen LogP contribution in [0.1, 0.15) is 5.56 Å². The molecule has 0 heterocycles. The third-order valence-corrected chi connectivity index (χ3v) is 2.57. The van der Waals surface area contributed by atoms with Gasteiger partial charge in [0.05, 0.1) is 10.7 Å². The summed E-state index contributed by atoms with van der Waals surface area (Å²) >= 11 is 5.86. The molecule has 0 radical (unpaired) electrons. The maximum Gasteiger partial charge on any atom is 0.151 e. The molecule has 0 aliphatic rings. The number of aryl methyl sites for hydroxylation is 1. The first-order valence-electron chi connectivity index (χ1n) is 5.12. The van der Waals surface area contributed by atoms with Crippen molar-refractivity contribution in [3.05, 3.63) is 59.6 Å². The minimum atomic E-state index is -0.509. The third kappa shape index (κ3) is 3.12. The molecule has 0 saturated carbocycles. The second-order valence-electron chi connectivity index (χ2n) is 3.46. The highest BCUT2D eigenvalue weighted by atomic mass is 35.5. The standard InChI is InChI=1S/C13H14ClFN2O/c1-4-10(14)12(5-2)18-9-6-8(3)13(17-16)11(15)7-9/h4-7,17H,1-2,16H2,3H3/b12-10-. The largest absolute Gasteiger partial charge is 0.456 e. The monoisotopic (exact) mass is 268 g/mol. The first-order valence-corrected chi connectivity index (χ1v) is 5.50. The Bertz CT molecular complexity index is 489. The summed E-state index contributed by atoms with van der Waals surface area (Å²) in [6.45, 7) is 8.78. The molecule has 1 aromatic rings. The second-order valence-corrected chi connectivity index (χ2v) is 3.87. The van der Waals surface area contributed by atoms with Crippen LogP contribution in [0.4, 0.5) is 10.1 Å². The number of ether oxygens (including phenoxy) is 1. The molecule has 1 aromatic carbocycles. The van der Waals surface area contributed by atoms with E-state index in [1.165, 1.54) is 18.2 Å². The summed E-state index contributed by atoms with van der Waals surface area (Å²) in [5, 5.41) is 0.295. The van der Waals surface area contributed by atoms with Crippen molar-refractivity contribution in [2.24, 2.45) is 5.84 Å². The number of nitrogens with two attached hydrogens (primary N) is 1. The maximum atomic E-state index is 13.6. The van der Waals surface area contributed by atoms with Crippen LogP contribution in [-0.2, 0) is 0 Å². The number of hydrogen-bond acceptors (Lipinski definition) is 3. The number of nitrogens with one attached hydrogen (secondary N) is 1. The van der Waals surface area contributed by atoms with Crippen molar-refractivity contribution in [3.63, 3.8) is 0 Å². The number of benzene rings is 1. The lowest BCUT2D eigenvalue weighted by Gasteiger charge is -2.11. The Labute approximate surface area is 110 Å². The van der Waals surface area contributed by atoms with Gasteiger partial charge in [-0.05, 0) is 30.7 Å². The molecule has 18 heavy (non-hydrogen) atoms. The van der Waals surface area contributed by atoms with E-state index in [2.05, 4.69) is 18.6 Å². The van der Waals surface area contributed by atoms with Gasteiger partial charge in [-0.25, -0.2) is 4.39 Å².